The third-order valence-electron chi connectivity index (χ3n) is 2.09. The molecule has 0 aliphatic heterocycles. The number of benzene rings is 1. The molecule has 0 heterocycles. The summed E-state index contributed by atoms with van der Waals surface area (Å²) in [6, 6.07) is 2.60. The fourth-order valence-electron chi connectivity index (χ4n) is 1.25. The van der Waals surface area contributed by atoms with Crippen molar-refractivity contribution in [1.29, 1.82) is 0 Å². The highest BCUT2D eigenvalue weighted by Crippen LogP contribution is 2.32. The molecule has 0 radical (unpaired) electrons. The van der Waals surface area contributed by atoms with E-state index >= 15 is 0 Å². The Morgan fingerprint density at radius 2 is 2.37 bits per heavy atom. The van der Waals surface area contributed by atoms with Gasteiger partial charge in [-0.2, -0.15) is 0 Å². The first-order valence-electron chi connectivity index (χ1n) is 5.11. The zero-order valence-electron chi connectivity index (χ0n) is 9.96. The van der Waals surface area contributed by atoms with Gasteiger partial charge in [0.15, 0.2) is 5.75 Å². The van der Waals surface area contributed by atoms with E-state index in [4.69, 9.17) is 21.9 Å². The van der Waals surface area contributed by atoms with E-state index in [1.54, 1.807) is 0 Å². The first-order chi connectivity index (χ1) is 9.10. The zero-order valence-corrected chi connectivity index (χ0v) is 10.7. The molecule has 0 N–H and O–H groups in total. The van der Waals surface area contributed by atoms with Crippen LogP contribution in [0.3, 0.4) is 0 Å². The average molecular weight is 281 g/mol. The number of halogens is 1. The van der Waals surface area contributed by atoms with Gasteiger partial charge in [-0.05, 0) is 5.53 Å². The van der Waals surface area contributed by atoms with Gasteiger partial charge in [0.2, 0.25) is 0 Å². The monoisotopic (exact) mass is 280 g/mol. The standard InChI is InChI=1S/C11H9ClN4O3/c1-19-11-7-9(12)8(6-10(11)16(17)18)4-2-3-5-14-15-13/h6-7H,3,5H2,1H3. The Hall–Kier alpha value is -2.42. The Balaban J connectivity index is 3.04. The summed E-state index contributed by atoms with van der Waals surface area (Å²) in [5.74, 6) is 5.49. The van der Waals surface area contributed by atoms with Gasteiger partial charge < -0.3 is 4.74 Å². The topological polar surface area (TPSA) is 101 Å². The molecule has 1 aromatic rings. The normalized spacial score (nSPS) is 8.95. The van der Waals surface area contributed by atoms with Crippen LogP contribution in [0.2, 0.25) is 5.02 Å². The number of nitro benzene ring substituents is 1. The van der Waals surface area contributed by atoms with Crippen molar-refractivity contribution in [2.24, 2.45) is 5.11 Å². The highest BCUT2D eigenvalue weighted by molar-refractivity contribution is 6.32. The van der Waals surface area contributed by atoms with Crippen LogP contribution < -0.4 is 4.74 Å². The first kappa shape index (κ1) is 14.6. The van der Waals surface area contributed by atoms with Crippen molar-refractivity contribution in [3.63, 3.8) is 0 Å². The maximum Gasteiger partial charge on any atom is 0.312 e. The Labute approximate surface area is 113 Å². The van der Waals surface area contributed by atoms with Crippen molar-refractivity contribution in [2.45, 2.75) is 6.42 Å². The van der Waals surface area contributed by atoms with Gasteiger partial charge in [-0.3, -0.25) is 10.1 Å². The van der Waals surface area contributed by atoms with E-state index in [0.717, 1.165) is 0 Å². The lowest BCUT2D eigenvalue weighted by molar-refractivity contribution is -0.385. The molecule has 0 atom stereocenters. The zero-order chi connectivity index (χ0) is 14.3. The smallest absolute Gasteiger partial charge is 0.312 e. The van der Waals surface area contributed by atoms with E-state index in [2.05, 4.69) is 21.9 Å². The van der Waals surface area contributed by atoms with Crippen LogP contribution in [0.25, 0.3) is 10.4 Å². The van der Waals surface area contributed by atoms with Crippen LogP contribution in [-0.4, -0.2) is 18.6 Å². The van der Waals surface area contributed by atoms with E-state index in [-0.39, 0.29) is 23.0 Å². The van der Waals surface area contributed by atoms with Gasteiger partial charge in [0.05, 0.1) is 22.6 Å². The number of nitro groups is 1. The molecule has 0 aliphatic rings. The lowest BCUT2D eigenvalue weighted by Gasteiger charge is -2.03. The Morgan fingerprint density at radius 1 is 1.63 bits per heavy atom. The summed E-state index contributed by atoms with van der Waals surface area (Å²) in [4.78, 5) is 12.9. The molecular formula is C11H9ClN4O3. The maximum atomic E-state index is 10.8. The summed E-state index contributed by atoms with van der Waals surface area (Å²) in [7, 11) is 1.32. The molecule has 0 spiro atoms. The molecule has 8 heteroatoms. The third kappa shape index (κ3) is 4.07. The van der Waals surface area contributed by atoms with Crippen LogP contribution in [0.5, 0.6) is 5.75 Å². The second-order valence-electron chi connectivity index (χ2n) is 3.27. The fourth-order valence-corrected chi connectivity index (χ4v) is 1.45. The average Bonchev–Trinajstić information content (AvgIpc) is 2.39. The molecule has 0 aliphatic carbocycles. The minimum absolute atomic E-state index is 0.0784. The predicted molar refractivity (Wildman–Crippen MR) is 70.2 cm³/mol. The number of hydrogen-bond acceptors (Lipinski definition) is 4. The van der Waals surface area contributed by atoms with Gasteiger partial charge in [-0.1, -0.05) is 28.6 Å². The molecule has 0 fully saturated rings. The fraction of sp³-hybridized carbons (Fsp3) is 0.273. The van der Waals surface area contributed by atoms with E-state index in [0.29, 0.717) is 12.0 Å². The lowest BCUT2D eigenvalue weighted by atomic mass is 10.2. The second-order valence-corrected chi connectivity index (χ2v) is 3.67. The van der Waals surface area contributed by atoms with E-state index in [9.17, 15) is 10.1 Å². The molecule has 0 aromatic heterocycles. The molecule has 0 bridgehead atoms. The quantitative estimate of drug-likeness (QED) is 0.161. The van der Waals surface area contributed by atoms with Gasteiger partial charge in [-0.25, -0.2) is 0 Å². The Bertz CT molecular complexity index is 600. The molecule has 0 amide bonds. The summed E-state index contributed by atoms with van der Waals surface area (Å²) in [6.45, 7) is 0.235. The predicted octanol–water partition coefficient (Wildman–Crippen LogP) is 3.31. The summed E-state index contributed by atoms with van der Waals surface area (Å²) in [5, 5.41) is 14.4. The molecule has 0 saturated heterocycles. The van der Waals surface area contributed by atoms with Crippen LogP contribution >= 0.6 is 11.6 Å². The largest absolute Gasteiger partial charge is 0.490 e. The number of hydrogen-bond donors (Lipinski definition) is 0. The molecule has 1 rings (SSSR count). The van der Waals surface area contributed by atoms with Gasteiger partial charge in [0.1, 0.15) is 0 Å². The van der Waals surface area contributed by atoms with Crippen LogP contribution in [0.15, 0.2) is 17.2 Å². The summed E-state index contributed by atoms with van der Waals surface area (Å²) in [5.41, 5.74) is 8.21. The molecule has 0 unspecified atom stereocenters. The number of methoxy groups -OCH3 is 1. The van der Waals surface area contributed by atoms with Crippen LogP contribution in [0.1, 0.15) is 12.0 Å². The highest BCUT2D eigenvalue weighted by Gasteiger charge is 2.17. The minimum atomic E-state index is -0.569. The number of ether oxygens (including phenoxy) is 1. The maximum absolute atomic E-state index is 10.8. The van der Waals surface area contributed by atoms with Gasteiger partial charge >= 0.3 is 5.69 Å². The molecule has 7 nitrogen and oxygen atoms in total. The van der Waals surface area contributed by atoms with E-state index < -0.39 is 4.92 Å². The first-order valence-corrected chi connectivity index (χ1v) is 5.49. The molecule has 1 aromatic carbocycles. The minimum Gasteiger partial charge on any atom is -0.490 e. The summed E-state index contributed by atoms with van der Waals surface area (Å²) < 4.78 is 4.87. The van der Waals surface area contributed by atoms with Crippen molar-refractivity contribution in [1.82, 2.24) is 0 Å². The lowest BCUT2D eigenvalue weighted by Crippen LogP contribution is -1.95. The van der Waals surface area contributed by atoms with Gasteiger partial charge in [-0.15, -0.1) is 0 Å². The number of azide groups is 1. The Morgan fingerprint density at radius 3 is 2.95 bits per heavy atom. The third-order valence-corrected chi connectivity index (χ3v) is 2.40. The van der Waals surface area contributed by atoms with Crippen LogP contribution in [0.4, 0.5) is 5.69 Å². The second kappa shape index (κ2) is 7.11. The SMILES string of the molecule is COc1cc(Cl)c(C#CCCN=[N+]=[N-])cc1[N+](=O)[O-]. The summed E-state index contributed by atoms with van der Waals surface area (Å²) >= 11 is 5.94. The van der Waals surface area contributed by atoms with Gasteiger partial charge in [0.25, 0.3) is 0 Å². The van der Waals surface area contributed by atoms with Crippen molar-refractivity contribution >= 4 is 17.3 Å². The van der Waals surface area contributed by atoms with E-state index in [1.165, 1.54) is 19.2 Å². The van der Waals surface area contributed by atoms with Crippen LogP contribution in [0, 0.1) is 22.0 Å². The molecule has 98 valence electrons. The van der Waals surface area contributed by atoms with Crippen LogP contribution in [-0.2, 0) is 0 Å². The van der Waals surface area contributed by atoms with Crippen molar-refractivity contribution in [3.8, 4) is 17.6 Å². The van der Waals surface area contributed by atoms with E-state index in [1.807, 2.05) is 0 Å². The molecule has 0 saturated carbocycles. The van der Waals surface area contributed by atoms with Crippen molar-refractivity contribution in [3.05, 3.63) is 43.3 Å². The number of nitrogens with zero attached hydrogens (tertiary/aromatic N) is 4. The van der Waals surface area contributed by atoms with Crippen molar-refractivity contribution in [2.75, 3.05) is 13.7 Å². The highest BCUT2D eigenvalue weighted by atomic mass is 35.5. The Kier molecular flexibility index (Phi) is 5.48. The summed E-state index contributed by atoms with van der Waals surface area (Å²) in [6.07, 6.45) is 0.347. The van der Waals surface area contributed by atoms with Gasteiger partial charge in [0, 0.05) is 30.0 Å². The van der Waals surface area contributed by atoms with Crippen molar-refractivity contribution < 1.29 is 9.66 Å². The number of rotatable bonds is 4. The molecular weight excluding hydrogens is 272 g/mol. The molecule has 19 heavy (non-hydrogen) atoms.